The van der Waals surface area contributed by atoms with Gasteiger partial charge in [0.2, 0.25) is 5.91 Å². The smallest absolute Gasteiger partial charge is 0.225 e. The van der Waals surface area contributed by atoms with Crippen molar-refractivity contribution in [1.29, 1.82) is 0 Å². The molecule has 10 heteroatoms. The molecule has 0 unspecified atom stereocenters. The Kier molecular flexibility index (Phi) is 10.3. The van der Waals surface area contributed by atoms with Crippen LogP contribution in [-0.4, -0.2) is 87.1 Å². The first kappa shape index (κ1) is 40.2. The van der Waals surface area contributed by atoms with Crippen LogP contribution in [0.25, 0.3) is 5.00 Å². The summed E-state index contributed by atoms with van der Waals surface area (Å²) in [5.74, 6) is 4.33. The first-order chi connectivity index (χ1) is 30.7. The van der Waals surface area contributed by atoms with E-state index in [0.717, 1.165) is 94.4 Å². The highest BCUT2D eigenvalue weighted by molar-refractivity contribution is 7.15. The number of amides is 1. The average Bonchev–Trinajstić information content (AvgIpc) is 3.76. The maximum Gasteiger partial charge on any atom is 0.225 e. The molecule has 11 rings (SSSR count). The number of piperidine rings is 1. The van der Waals surface area contributed by atoms with Gasteiger partial charge in [-0.2, -0.15) is 0 Å². The third kappa shape index (κ3) is 7.29. The molecule has 0 bridgehead atoms. The molecule has 3 atom stereocenters. The van der Waals surface area contributed by atoms with E-state index in [1.807, 2.05) is 19.1 Å². The summed E-state index contributed by atoms with van der Waals surface area (Å²) in [6.45, 7) is 15.4. The van der Waals surface area contributed by atoms with Crippen LogP contribution in [0.15, 0.2) is 102 Å². The van der Waals surface area contributed by atoms with Crippen molar-refractivity contribution in [2.45, 2.75) is 77.2 Å². The fourth-order valence-corrected chi connectivity index (χ4v) is 12.5. The molecular weight excluding hydrogens is 799 g/mol. The van der Waals surface area contributed by atoms with Crippen molar-refractivity contribution in [2.75, 3.05) is 50.7 Å². The Balaban J connectivity index is 0.659. The van der Waals surface area contributed by atoms with Gasteiger partial charge >= 0.3 is 0 Å². The number of phenols is 1. The third-order valence-electron chi connectivity index (χ3n) is 15.0. The topological polar surface area (TPSA) is 90.1 Å². The van der Waals surface area contributed by atoms with E-state index in [2.05, 4.69) is 135 Å². The van der Waals surface area contributed by atoms with Crippen molar-refractivity contribution in [3.05, 3.63) is 158 Å². The zero-order valence-corrected chi connectivity index (χ0v) is 37.7. The van der Waals surface area contributed by atoms with Gasteiger partial charge in [-0.3, -0.25) is 14.4 Å². The Bertz CT molecular complexity index is 2680. The molecule has 4 aromatic carbocycles. The van der Waals surface area contributed by atoms with Crippen LogP contribution in [0.1, 0.15) is 111 Å². The predicted octanol–water partition coefficient (Wildman–Crippen LogP) is 9.51. The van der Waals surface area contributed by atoms with Crippen molar-refractivity contribution in [3.8, 4) is 10.8 Å². The lowest BCUT2D eigenvalue weighted by atomic mass is 9.69. The standard InChI is InChI=1S/C53H57N7O2S/c1-32-34(3)63-53-48(32)50(54-33(2)51-56-55-35(4)60(51)53)40-14-17-44(18-15-40)58-28-36(29-58)27-57-24-22-41(23-25-57)52(62)59-30-43(31-59)37-10-12-39(13-11-37)49-46(38-8-6-5-7-9-38)20-16-42-26-45(61)19-21-47(42)49/h5-15,17-19,21,26,33,36,41,43,46,49,61H,16,20,22-25,27-31H2,1-4H3/t33-,46+,49-/m0/s1. The van der Waals surface area contributed by atoms with E-state index in [4.69, 9.17) is 4.99 Å². The molecule has 3 saturated heterocycles. The fourth-order valence-electron chi connectivity index (χ4n) is 11.3. The number of fused-ring (bicyclic) bond motifs is 4. The van der Waals surface area contributed by atoms with Gasteiger partial charge < -0.3 is 19.8 Å². The van der Waals surface area contributed by atoms with Crippen LogP contribution >= 0.6 is 11.3 Å². The van der Waals surface area contributed by atoms with E-state index >= 15 is 0 Å². The van der Waals surface area contributed by atoms with Crippen LogP contribution in [0.5, 0.6) is 5.75 Å². The second-order valence-electron chi connectivity index (χ2n) is 19.0. The van der Waals surface area contributed by atoms with E-state index in [-0.39, 0.29) is 17.9 Å². The second-order valence-corrected chi connectivity index (χ2v) is 20.2. The molecule has 5 aliphatic rings. The highest BCUT2D eigenvalue weighted by atomic mass is 32.1. The zero-order valence-electron chi connectivity index (χ0n) is 36.9. The van der Waals surface area contributed by atoms with Crippen molar-refractivity contribution >= 4 is 28.6 Å². The Morgan fingerprint density at radius 3 is 2.29 bits per heavy atom. The molecule has 2 aromatic heterocycles. The molecule has 0 radical (unpaired) electrons. The van der Waals surface area contributed by atoms with Gasteiger partial charge in [0.05, 0.1) is 5.71 Å². The summed E-state index contributed by atoms with van der Waals surface area (Å²) in [5.41, 5.74) is 12.5. The molecular formula is C53H57N7O2S. The van der Waals surface area contributed by atoms with Crippen LogP contribution in [0.4, 0.5) is 5.69 Å². The number of carbonyl (C=O) groups excluding carboxylic acids is 1. The lowest BCUT2D eigenvalue weighted by Gasteiger charge is -2.45. The van der Waals surface area contributed by atoms with Crippen LogP contribution < -0.4 is 4.90 Å². The fraction of sp³-hybridized carbons (Fsp3) is 0.396. The lowest BCUT2D eigenvalue weighted by Crippen LogP contribution is -2.54. The molecule has 4 aliphatic heterocycles. The highest BCUT2D eigenvalue weighted by Crippen LogP contribution is 2.47. The van der Waals surface area contributed by atoms with Gasteiger partial charge in [0.15, 0.2) is 5.82 Å². The number of nitrogens with zero attached hydrogens (tertiary/aromatic N) is 7. The van der Waals surface area contributed by atoms with Crippen molar-refractivity contribution in [2.24, 2.45) is 16.8 Å². The van der Waals surface area contributed by atoms with Crippen molar-refractivity contribution < 1.29 is 9.90 Å². The number of carbonyl (C=O) groups is 1. The maximum absolute atomic E-state index is 13.7. The molecule has 1 N–H and O–H groups in total. The third-order valence-corrected chi connectivity index (χ3v) is 16.2. The normalized spacial score (nSPS) is 21.8. The van der Waals surface area contributed by atoms with Gasteiger partial charge in [-0.25, -0.2) is 0 Å². The number of aryl methyl sites for hydroxylation is 3. The Morgan fingerprint density at radius 2 is 1.54 bits per heavy atom. The number of likely N-dealkylation sites (tertiary alicyclic amines) is 2. The summed E-state index contributed by atoms with van der Waals surface area (Å²) in [5, 5.41) is 20.3. The number of aliphatic imine (C=N–C) groups is 1. The van der Waals surface area contributed by atoms with E-state index in [9.17, 15) is 9.90 Å². The SMILES string of the molecule is Cc1sc2c(c1C)C(c1ccc(N3CC(CN4CCC(C(=O)N5CC(c6ccc([C@@H]7c8ccc(O)cc8CC[C@@H]7c7ccccc7)cc6)C5)CC4)C3)cc1)=N[C@@H](C)c1nnc(C)n1-2. The van der Waals surface area contributed by atoms with Gasteiger partial charge in [-0.05, 0) is 130 Å². The lowest BCUT2D eigenvalue weighted by molar-refractivity contribution is -0.141. The predicted molar refractivity (Wildman–Crippen MR) is 252 cm³/mol. The van der Waals surface area contributed by atoms with E-state index in [0.29, 0.717) is 29.4 Å². The number of aromatic nitrogens is 3. The minimum atomic E-state index is -0.0865. The van der Waals surface area contributed by atoms with Crippen LogP contribution in [0, 0.1) is 32.6 Å². The molecule has 322 valence electrons. The number of anilines is 1. The number of phenolic OH excluding ortho intramolecular Hbond substituents is 1. The van der Waals surface area contributed by atoms with Gasteiger partial charge in [0, 0.05) is 78.1 Å². The summed E-state index contributed by atoms with van der Waals surface area (Å²) >= 11 is 1.80. The van der Waals surface area contributed by atoms with E-state index in [1.165, 1.54) is 54.5 Å². The Labute approximate surface area is 375 Å². The minimum Gasteiger partial charge on any atom is -0.508 e. The number of hydrogen-bond donors (Lipinski definition) is 1. The quantitative estimate of drug-likeness (QED) is 0.164. The average molecular weight is 856 g/mol. The molecule has 1 amide bonds. The summed E-state index contributed by atoms with van der Waals surface area (Å²) in [6.07, 6.45) is 3.95. The maximum atomic E-state index is 13.7. The van der Waals surface area contributed by atoms with Crippen LogP contribution in [-0.2, 0) is 11.2 Å². The largest absolute Gasteiger partial charge is 0.508 e. The number of hydrogen-bond acceptors (Lipinski definition) is 8. The van der Waals surface area contributed by atoms with Gasteiger partial charge in [-0.15, -0.1) is 21.5 Å². The Morgan fingerprint density at radius 1 is 0.810 bits per heavy atom. The highest BCUT2D eigenvalue weighted by Gasteiger charge is 2.39. The van der Waals surface area contributed by atoms with Gasteiger partial charge in [0.1, 0.15) is 22.6 Å². The number of thiophene rings is 1. The van der Waals surface area contributed by atoms with Gasteiger partial charge in [0.25, 0.3) is 0 Å². The summed E-state index contributed by atoms with van der Waals surface area (Å²) in [7, 11) is 0. The zero-order chi connectivity index (χ0) is 42.9. The van der Waals surface area contributed by atoms with Gasteiger partial charge in [-0.1, -0.05) is 72.8 Å². The second kappa shape index (κ2) is 16.2. The molecule has 0 saturated carbocycles. The monoisotopic (exact) mass is 855 g/mol. The number of rotatable bonds is 8. The number of aromatic hydroxyl groups is 1. The first-order valence-corrected chi connectivity index (χ1v) is 23.9. The summed E-state index contributed by atoms with van der Waals surface area (Å²) in [6, 6.07) is 35.0. The van der Waals surface area contributed by atoms with Crippen LogP contribution in [0.2, 0.25) is 0 Å². The van der Waals surface area contributed by atoms with E-state index in [1.54, 1.807) is 11.3 Å². The summed E-state index contributed by atoms with van der Waals surface area (Å²) in [4.78, 5) is 27.4. The summed E-state index contributed by atoms with van der Waals surface area (Å²) < 4.78 is 2.20. The number of benzene rings is 4. The van der Waals surface area contributed by atoms with Crippen molar-refractivity contribution in [1.82, 2.24) is 24.6 Å². The molecule has 63 heavy (non-hydrogen) atoms. The molecule has 6 aromatic rings. The van der Waals surface area contributed by atoms with E-state index < -0.39 is 0 Å². The molecule has 1 aliphatic carbocycles. The molecule has 9 nitrogen and oxygen atoms in total. The first-order valence-electron chi connectivity index (χ1n) is 23.1. The van der Waals surface area contributed by atoms with Crippen LogP contribution in [0.3, 0.4) is 0 Å². The van der Waals surface area contributed by atoms with Crippen molar-refractivity contribution in [3.63, 3.8) is 0 Å². The Hall–Kier alpha value is -5.58. The minimum absolute atomic E-state index is 0.0865. The molecule has 6 heterocycles. The molecule has 0 spiro atoms. The molecule has 3 fully saturated rings.